The Morgan fingerprint density at radius 2 is 2.10 bits per heavy atom. The van der Waals surface area contributed by atoms with Gasteiger partial charge in [0, 0.05) is 31.4 Å². The molecule has 0 radical (unpaired) electrons. The van der Waals surface area contributed by atoms with Crippen molar-refractivity contribution in [1.82, 2.24) is 4.90 Å². The molecule has 1 atom stereocenters. The summed E-state index contributed by atoms with van der Waals surface area (Å²) in [5.41, 5.74) is 1.16. The fraction of sp³-hybridized carbons (Fsp3) is 0.467. The number of hydrogen-bond acceptors (Lipinski definition) is 5. The Morgan fingerprint density at radius 1 is 1.38 bits per heavy atom. The number of aliphatic hydroxyl groups excluding tert-OH is 1. The fourth-order valence-corrected chi connectivity index (χ4v) is 2.32. The van der Waals surface area contributed by atoms with Crippen LogP contribution in [-0.2, 0) is 14.3 Å². The molecule has 1 amide bonds. The normalized spacial score (nSPS) is 16.8. The van der Waals surface area contributed by atoms with Crippen LogP contribution in [0.3, 0.4) is 0 Å². The molecule has 1 aliphatic rings. The second-order valence-corrected chi connectivity index (χ2v) is 4.95. The molecule has 1 fully saturated rings. The summed E-state index contributed by atoms with van der Waals surface area (Å²) in [5, 5.41) is 10.2. The molecule has 2 rings (SSSR count). The Bertz CT molecular complexity index is 532. The van der Waals surface area contributed by atoms with Gasteiger partial charge in [-0.1, -0.05) is 18.2 Å². The molecule has 1 aromatic rings. The lowest BCUT2D eigenvalue weighted by atomic mass is 10.1. The molecule has 6 heteroatoms. The van der Waals surface area contributed by atoms with E-state index in [1.807, 2.05) is 11.0 Å². The minimum absolute atomic E-state index is 0.0154. The second-order valence-electron chi connectivity index (χ2n) is 4.95. The maximum absolute atomic E-state index is 11.8. The van der Waals surface area contributed by atoms with E-state index >= 15 is 0 Å². The number of nitrogens with zero attached hydrogens (tertiary/aromatic N) is 2. The van der Waals surface area contributed by atoms with Gasteiger partial charge in [-0.15, -0.1) is 0 Å². The van der Waals surface area contributed by atoms with Crippen molar-refractivity contribution in [2.45, 2.75) is 13.0 Å². The predicted octanol–water partition coefficient (Wildman–Crippen LogP) is 0.561. The summed E-state index contributed by atoms with van der Waals surface area (Å²) in [6.45, 7) is 3.42. The molecule has 6 nitrogen and oxygen atoms in total. The molecular formula is C15H20N2O4. The van der Waals surface area contributed by atoms with Crippen LogP contribution in [0.2, 0.25) is 0 Å². The Balaban J connectivity index is 2.24. The number of hydrogen-bond donors (Lipinski definition) is 1. The number of esters is 1. The average molecular weight is 292 g/mol. The zero-order valence-corrected chi connectivity index (χ0v) is 12.3. The first-order chi connectivity index (χ1) is 10.0. The maximum Gasteiger partial charge on any atom is 0.339 e. The molecule has 1 aliphatic heterocycles. The third-order valence-corrected chi connectivity index (χ3v) is 3.54. The van der Waals surface area contributed by atoms with Crippen molar-refractivity contribution in [3.05, 3.63) is 29.8 Å². The van der Waals surface area contributed by atoms with Crippen molar-refractivity contribution in [1.29, 1.82) is 0 Å². The Labute approximate surface area is 123 Å². The lowest BCUT2D eigenvalue weighted by Gasteiger charge is -2.35. The third kappa shape index (κ3) is 3.33. The van der Waals surface area contributed by atoms with E-state index in [9.17, 15) is 14.7 Å². The SMILES string of the molecule is CCOC(=O)C(O)c1ccccc1N1CCN(C)C(=O)C1. The molecule has 1 aromatic carbocycles. The van der Waals surface area contributed by atoms with Gasteiger partial charge < -0.3 is 19.6 Å². The third-order valence-electron chi connectivity index (χ3n) is 3.54. The zero-order chi connectivity index (χ0) is 15.4. The summed E-state index contributed by atoms with van der Waals surface area (Å²) in [4.78, 5) is 27.1. The molecule has 114 valence electrons. The van der Waals surface area contributed by atoms with Crippen LogP contribution in [0.15, 0.2) is 24.3 Å². The molecule has 1 unspecified atom stereocenters. The quantitative estimate of drug-likeness (QED) is 0.821. The van der Waals surface area contributed by atoms with E-state index in [0.717, 1.165) is 0 Å². The minimum Gasteiger partial charge on any atom is -0.464 e. The first kappa shape index (κ1) is 15.3. The van der Waals surface area contributed by atoms with Crippen molar-refractivity contribution in [3.8, 4) is 0 Å². The van der Waals surface area contributed by atoms with Crippen molar-refractivity contribution < 1.29 is 19.4 Å². The zero-order valence-electron chi connectivity index (χ0n) is 12.3. The number of carbonyl (C=O) groups excluding carboxylic acids is 2. The summed E-state index contributed by atoms with van der Waals surface area (Å²) in [7, 11) is 1.76. The van der Waals surface area contributed by atoms with Gasteiger partial charge in [0.2, 0.25) is 5.91 Å². The molecule has 0 aromatic heterocycles. The monoisotopic (exact) mass is 292 g/mol. The first-order valence-corrected chi connectivity index (χ1v) is 6.97. The van der Waals surface area contributed by atoms with Gasteiger partial charge in [0.05, 0.1) is 13.2 Å². The lowest BCUT2D eigenvalue weighted by molar-refractivity contribution is -0.153. The second kappa shape index (κ2) is 6.58. The van der Waals surface area contributed by atoms with Gasteiger partial charge in [-0.3, -0.25) is 4.79 Å². The van der Waals surface area contributed by atoms with Crippen LogP contribution >= 0.6 is 0 Å². The molecular weight excluding hydrogens is 272 g/mol. The summed E-state index contributed by atoms with van der Waals surface area (Å²) >= 11 is 0. The van der Waals surface area contributed by atoms with Crippen LogP contribution < -0.4 is 4.90 Å². The highest BCUT2D eigenvalue weighted by Gasteiger charge is 2.27. The molecule has 1 saturated heterocycles. The average Bonchev–Trinajstić information content (AvgIpc) is 2.49. The van der Waals surface area contributed by atoms with Gasteiger partial charge in [0.25, 0.3) is 0 Å². The lowest BCUT2D eigenvalue weighted by Crippen LogP contribution is -2.49. The number of rotatable bonds is 4. The van der Waals surface area contributed by atoms with Crippen molar-refractivity contribution in [2.24, 2.45) is 0 Å². The van der Waals surface area contributed by atoms with Gasteiger partial charge >= 0.3 is 5.97 Å². The highest BCUT2D eigenvalue weighted by Crippen LogP contribution is 2.28. The predicted molar refractivity (Wildman–Crippen MR) is 77.9 cm³/mol. The van der Waals surface area contributed by atoms with Crippen LogP contribution in [-0.4, -0.2) is 55.2 Å². The Morgan fingerprint density at radius 3 is 2.76 bits per heavy atom. The van der Waals surface area contributed by atoms with Crippen molar-refractivity contribution in [3.63, 3.8) is 0 Å². The highest BCUT2D eigenvalue weighted by molar-refractivity contribution is 5.84. The summed E-state index contributed by atoms with van der Waals surface area (Å²) in [5.74, 6) is -0.660. The van der Waals surface area contributed by atoms with E-state index in [-0.39, 0.29) is 19.1 Å². The Kier molecular flexibility index (Phi) is 4.80. The number of amides is 1. The number of likely N-dealkylation sites (N-methyl/N-ethyl adjacent to an activating group) is 1. The van der Waals surface area contributed by atoms with E-state index in [1.165, 1.54) is 0 Å². The van der Waals surface area contributed by atoms with Crippen LogP contribution in [0.1, 0.15) is 18.6 Å². The number of ether oxygens (including phenoxy) is 1. The number of aliphatic hydroxyl groups is 1. The fourth-order valence-electron chi connectivity index (χ4n) is 2.32. The molecule has 0 saturated carbocycles. The number of para-hydroxylation sites is 1. The van der Waals surface area contributed by atoms with Crippen molar-refractivity contribution >= 4 is 17.6 Å². The van der Waals surface area contributed by atoms with Crippen LogP contribution in [0, 0.1) is 0 Å². The van der Waals surface area contributed by atoms with Gasteiger partial charge in [0.15, 0.2) is 6.10 Å². The molecule has 0 spiro atoms. The number of benzene rings is 1. The minimum atomic E-state index is -1.34. The van der Waals surface area contributed by atoms with Crippen LogP contribution in [0.4, 0.5) is 5.69 Å². The summed E-state index contributed by atoms with van der Waals surface area (Å²) in [6.07, 6.45) is -1.34. The van der Waals surface area contributed by atoms with E-state index in [2.05, 4.69) is 0 Å². The standard InChI is InChI=1S/C15H20N2O4/c1-3-21-15(20)14(19)11-6-4-5-7-12(11)17-9-8-16(2)13(18)10-17/h4-7,14,19H,3,8-10H2,1-2H3. The largest absolute Gasteiger partial charge is 0.464 e. The van der Waals surface area contributed by atoms with E-state index < -0.39 is 12.1 Å². The van der Waals surface area contributed by atoms with Crippen LogP contribution in [0.25, 0.3) is 0 Å². The highest BCUT2D eigenvalue weighted by atomic mass is 16.5. The van der Waals surface area contributed by atoms with Gasteiger partial charge in [0.1, 0.15) is 0 Å². The maximum atomic E-state index is 11.8. The van der Waals surface area contributed by atoms with Gasteiger partial charge in [-0.05, 0) is 13.0 Å². The molecule has 0 bridgehead atoms. The van der Waals surface area contributed by atoms with E-state index in [4.69, 9.17) is 4.74 Å². The number of carbonyl (C=O) groups is 2. The van der Waals surface area contributed by atoms with Crippen molar-refractivity contribution in [2.75, 3.05) is 38.2 Å². The van der Waals surface area contributed by atoms with E-state index in [1.54, 1.807) is 37.1 Å². The summed E-state index contributed by atoms with van der Waals surface area (Å²) in [6, 6.07) is 7.05. The topological polar surface area (TPSA) is 70.1 Å². The Hall–Kier alpha value is -2.08. The first-order valence-electron chi connectivity index (χ1n) is 6.97. The molecule has 21 heavy (non-hydrogen) atoms. The smallest absolute Gasteiger partial charge is 0.339 e. The number of piperazine rings is 1. The van der Waals surface area contributed by atoms with Gasteiger partial charge in [-0.2, -0.15) is 0 Å². The van der Waals surface area contributed by atoms with Gasteiger partial charge in [-0.25, -0.2) is 4.79 Å². The molecule has 1 N–H and O–H groups in total. The summed E-state index contributed by atoms with van der Waals surface area (Å²) < 4.78 is 4.86. The van der Waals surface area contributed by atoms with Crippen LogP contribution in [0.5, 0.6) is 0 Å². The molecule has 1 heterocycles. The van der Waals surface area contributed by atoms with E-state index in [0.29, 0.717) is 24.3 Å². The number of anilines is 1. The molecule has 0 aliphatic carbocycles.